The fourth-order valence-corrected chi connectivity index (χ4v) is 1.58. The highest BCUT2D eigenvalue weighted by Crippen LogP contribution is 2.24. The minimum atomic E-state index is 0.530. The molecule has 2 unspecified atom stereocenters. The lowest BCUT2D eigenvalue weighted by atomic mass is 10.0. The van der Waals surface area contributed by atoms with Crippen LogP contribution in [0.5, 0.6) is 0 Å². The van der Waals surface area contributed by atoms with Crippen LogP contribution in [0.1, 0.15) is 20.3 Å². The van der Waals surface area contributed by atoms with Crippen LogP contribution in [0, 0.1) is 5.92 Å². The summed E-state index contributed by atoms with van der Waals surface area (Å²) in [5, 5.41) is 0. The summed E-state index contributed by atoms with van der Waals surface area (Å²) in [5.74, 6) is 0.659. The first kappa shape index (κ1) is 10.7. The van der Waals surface area contributed by atoms with Gasteiger partial charge in [0.2, 0.25) is 0 Å². The van der Waals surface area contributed by atoms with Crippen molar-refractivity contribution >= 4 is 31.9 Å². The van der Waals surface area contributed by atoms with E-state index in [9.17, 15) is 0 Å². The summed E-state index contributed by atoms with van der Waals surface area (Å²) < 4.78 is 0. The standard InChI is InChI=1S/C8H14Br2/c1-4-5-6(2)8(10)7(3)9/h4,6-8H,1,5H2,2-3H3/t6-,7?,8?/m1/s1. The highest BCUT2D eigenvalue weighted by Gasteiger charge is 2.16. The van der Waals surface area contributed by atoms with Gasteiger partial charge >= 0.3 is 0 Å². The van der Waals surface area contributed by atoms with Gasteiger partial charge in [0.25, 0.3) is 0 Å². The fraction of sp³-hybridized carbons (Fsp3) is 0.750. The average Bonchev–Trinajstić information content (AvgIpc) is 1.87. The van der Waals surface area contributed by atoms with Gasteiger partial charge in [0, 0.05) is 9.65 Å². The van der Waals surface area contributed by atoms with E-state index in [-0.39, 0.29) is 0 Å². The molecule has 0 aromatic carbocycles. The normalized spacial score (nSPS) is 19.6. The lowest BCUT2D eigenvalue weighted by Crippen LogP contribution is -2.18. The molecule has 2 heteroatoms. The zero-order valence-electron chi connectivity index (χ0n) is 6.48. The second-order valence-corrected chi connectivity index (χ2v) is 5.13. The second-order valence-electron chi connectivity index (χ2n) is 2.62. The van der Waals surface area contributed by atoms with E-state index in [1.807, 2.05) is 6.08 Å². The van der Waals surface area contributed by atoms with Crippen molar-refractivity contribution < 1.29 is 0 Å². The van der Waals surface area contributed by atoms with Crippen LogP contribution in [0.3, 0.4) is 0 Å². The Morgan fingerprint density at radius 3 is 2.20 bits per heavy atom. The summed E-state index contributed by atoms with van der Waals surface area (Å²) in [6.45, 7) is 8.08. The molecule has 0 aromatic rings. The van der Waals surface area contributed by atoms with E-state index >= 15 is 0 Å². The Balaban J connectivity index is 3.68. The molecule has 0 radical (unpaired) electrons. The highest BCUT2D eigenvalue weighted by molar-refractivity contribution is 9.12. The Hall–Kier alpha value is 0.700. The smallest absolute Gasteiger partial charge is 0.0296 e. The number of allylic oxidation sites excluding steroid dienone is 1. The third-order valence-electron chi connectivity index (χ3n) is 1.52. The predicted octanol–water partition coefficient (Wildman–Crippen LogP) is 3.75. The molecule has 0 bridgehead atoms. The minimum Gasteiger partial charge on any atom is -0.103 e. The van der Waals surface area contributed by atoms with Crippen molar-refractivity contribution in [3.8, 4) is 0 Å². The van der Waals surface area contributed by atoms with Gasteiger partial charge in [-0.3, -0.25) is 0 Å². The molecular weight excluding hydrogens is 256 g/mol. The first-order valence-corrected chi connectivity index (χ1v) is 5.31. The Bertz CT molecular complexity index is 99.4. The van der Waals surface area contributed by atoms with Crippen LogP contribution in [-0.2, 0) is 0 Å². The van der Waals surface area contributed by atoms with E-state index in [1.54, 1.807) is 0 Å². The monoisotopic (exact) mass is 268 g/mol. The van der Waals surface area contributed by atoms with Gasteiger partial charge in [-0.1, -0.05) is 51.8 Å². The van der Waals surface area contributed by atoms with Crippen LogP contribution in [0.2, 0.25) is 0 Å². The molecule has 0 spiro atoms. The lowest BCUT2D eigenvalue weighted by Gasteiger charge is -2.18. The zero-order valence-corrected chi connectivity index (χ0v) is 9.65. The SMILES string of the molecule is C=CC[C@@H](C)C(Br)C(C)Br. The van der Waals surface area contributed by atoms with E-state index in [4.69, 9.17) is 0 Å². The van der Waals surface area contributed by atoms with Gasteiger partial charge in [0.1, 0.15) is 0 Å². The van der Waals surface area contributed by atoms with Gasteiger partial charge in [-0.15, -0.1) is 6.58 Å². The minimum absolute atomic E-state index is 0.530. The molecule has 60 valence electrons. The van der Waals surface area contributed by atoms with E-state index in [1.165, 1.54) is 0 Å². The molecule has 0 nitrogen and oxygen atoms in total. The molecule has 0 amide bonds. The van der Waals surface area contributed by atoms with Gasteiger partial charge in [-0.2, -0.15) is 0 Å². The molecule has 0 aliphatic heterocycles. The topological polar surface area (TPSA) is 0 Å². The largest absolute Gasteiger partial charge is 0.103 e. The van der Waals surface area contributed by atoms with Crippen molar-refractivity contribution in [3.05, 3.63) is 12.7 Å². The quantitative estimate of drug-likeness (QED) is 0.539. The number of alkyl halides is 2. The first-order valence-electron chi connectivity index (χ1n) is 3.48. The van der Waals surface area contributed by atoms with Gasteiger partial charge in [0.05, 0.1) is 0 Å². The van der Waals surface area contributed by atoms with Crippen LogP contribution in [-0.4, -0.2) is 9.65 Å². The van der Waals surface area contributed by atoms with Gasteiger partial charge in [0.15, 0.2) is 0 Å². The van der Waals surface area contributed by atoms with Crippen molar-refractivity contribution in [2.75, 3.05) is 0 Å². The summed E-state index contributed by atoms with van der Waals surface area (Å²) in [7, 11) is 0. The Morgan fingerprint density at radius 1 is 1.40 bits per heavy atom. The van der Waals surface area contributed by atoms with Crippen molar-refractivity contribution in [1.82, 2.24) is 0 Å². The molecule has 0 heterocycles. The van der Waals surface area contributed by atoms with E-state index in [0.29, 0.717) is 15.6 Å². The van der Waals surface area contributed by atoms with Crippen LogP contribution < -0.4 is 0 Å². The lowest BCUT2D eigenvalue weighted by molar-refractivity contribution is 0.566. The predicted molar refractivity (Wildman–Crippen MR) is 55.1 cm³/mol. The average molecular weight is 270 g/mol. The van der Waals surface area contributed by atoms with Gasteiger partial charge in [-0.05, 0) is 12.3 Å². The zero-order chi connectivity index (χ0) is 8.15. The number of rotatable bonds is 4. The van der Waals surface area contributed by atoms with Crippen molar-refractivity contribution in [3.63, 3.8) is 0 Å². The number of hydrogen-bond donors (Lipinski definition) is 0. The molecular formula is C8H14Br2. The summed E-state index contributed by atoms with van der Waals surface area (Å²) in [6.07, 6.45) is 3.04. The maximum Gasteiger partial charge on any atom is 0.0296 e. The molecule has 10 heavy (non-hydrogen) atoms. The van der Waals surface area contributed by atoms with E-state index in [2.05, 4.69) is 52.3 Å². The molecule has 0 aliphatic carbocycles. The van der Waals surface area contributed by atoms with Crippen molar-refractivity contribution in [1.29, 1.82) is 0 Å². The molecule has 0 saturated carbocycles. The number of hydrogen-bond acceptors (Lipinski definition) is 0. The summed E-state index contributed by atoms with van der Waals surface area (Å²) in [5.41, 5.74) is 0. The second kappa shape index (κ2) is 5.36. The maximum absolute atomic E-state index is 3.71. The van der Waals surface area contributed by atoms with Crippen molar-refractivity contribution in [2.45, 2.75) is 29.9 Å². The molecule has 0 fully saturated rings. The highest BCUT2D eigenvalue weighted by atomic mass is 79.9. The molecule has 3 atom stereocenters. The van der Waals surface area contributed by atoms with Gasteiger partial charge < -0.3 is 0 Å². The molecule has 0 saturated heterocycles. The van der Waals surface area contributed by atoms with E-state index < -0.39 is 0 Å². The maximum atomic E-state index is 3.71. The van der Waals surface area contributed by atoms with Crippen LogP contribution >= 0.6 is 31.9 Å². The van der Waals surface area contributed by atoms with E-state index in [0.717, 1.165) is 6.42 Å². The van der Waals surface area contributed by atoms with Crippen LogP contribution in [0.4, 0.5) is 0 Å². The molecule has 0 aromatic heterocycles. The van der Waals surface area contributed by atoms with Crippen LogP contribution in [0.15, 0.2) is 12.7 Å². The summed E-state index contributed by atoms with van der Waals surface area (Å²) in [6, 6.07) is 0. The fourth-order valence-electron chi connectivity index (χ4n) is 0.846. The first-order chi connectivity index (χ1) is 4.59. The van der Waals surface area contributed by atoms with Crippen LogP contribution in [0.25, 0.3) is 0 Å². The third-order valence-corrected chi connectivity index (χ3v) is 4.50. The third kappa shape index (κ3) is 3.77. The Kier molecular flexibility index (Phi) is 5.74. The molecule has 0 aliphatic rings. The summed E-state index contributed by atoms with van der Waals surface area (Å²) in [4.78, 5) is 1.08. The Labute approximate surface area is 80.3 Å². The summed E-state index contributed by atoms with van der Waals surface area (Å²) >= 11 is 7.14. The van der Waals surface area contributed by atoms with Crippen molar-refractivity contribution in [2.24, 2.45) is 5.92 Å². The molecule has 0 N–H and O–H groups in total. The Morgan fingerprint density at radius 2 is 1.90 bits per heavy atom. The number of halogens is 2. The van der Waals surface area contributed by atoms with Gasteiger partial charge in [-0.25, -0.2) is 0 Å². The molecule has 0 rings (SSSR count).